The van der Waals surface area contributed by atoms with Crippen LogP contribution in [0.4, 0.5) is 0 Å². The van der Waals surface area contributed by atoms with E-state index in [2.05, 4.69) is 71.9 Å². The molecule has 0 amide bonds. The number of pyridine rings is 1. The molecular formula is C29H38N4O2. The lowest BCUT2D eigenvalue weighted by atomic mass is 9.62. The van der Waals surface area contributed by atoms with Gasteiger partial charge >= 0.3 is 0 Å². The second kappa shape index (κ2) is 9.41. The van der Waals surface area contributed by atoms with Crippen molar-refractivity contribution < 1.29 is 10.2 Å². The zero-order valence-corrected chi connectivity index (χ0v) is 21.8. The van der Waals surface area contributed by atoms with E-state index >= 15 is 0 Å². The van der Waals surface area contributed by atoms with Gasteiger partial charge in [-0.1, -0.05) is 45.0 Å². The number of aromatic nitrogens is 3. The molecule has 35 heavy (non-hydrogen) atoms. The lowest BCUT2D eigenvalue weighted by Gasteiger charge is -2.56. The van der Waals surface area contributed by atoms with Crippen molar-refractivity contribution in [3.63, 3.8) is 0 Å². The number of aryl methyl sites for hydroxylation is 2. The van der Waals surface area contributed by atoms with Gasteiger partial charge in [0.25, 0.3) is 0 Å². The molecule has 1 aliphatic heterocycles. The molecule has 186 valence electrons. The predicted molar refractivity (Wildman–Crippen MR) is 138 cm³/mol. The highest BCUT2D eigenvalue weighted by Crippen LogP contribution is 2.50. The Labute approximate surface area is 209 Å². The minimum atomic E-state index is -1.18. The Morgan fingerprint density at radius 1 is 1.00 bits per heavy atom. The highest BCUT2D eigenvalue weighted by atomic mass is 16.3. The quantitative estimate of drug-likeness (QED) is 0.506. The standard InChI is InChI=1S/C29H38N4O2/c1-20(2)23-7-9-24(10-8-23)29(35,27(4)18-33(6)19-27)25-13-22(15-30-16-25)11-12-28(5,34)26-17-31-21(3)14-32-26/h7-10,13-17,20,34-35H,11-12,18-19H2,1-6H3/t28?,29-/m0/s1. The number of rotatable bonds is 8. The topological polar surface area (TPSA) is 82.4 Å². The summed E-state index contributed by atoms with van der Waals surface area (Å²) in [6.07, 6.45) is 7.98. The van der Waals surface area contributed by atoms with Crippen molar-refractivity contribution >= 4 is 0 Å². The van der Waals surface area contributed by atoms with Crippen molar-refractivity contribution in [3.8, 4) is 0 Å². The Hall–Kier alpha value is -2.67. The van der Waals surface area contributed by atoms with Gasteiger partial charge in [0.15, 0.2) is 0 Å². The first kappa shape index (κ1) is 25.4. The van der Waals surface area contributed by atoms with E-state index in [4.69, 9.17) is 0 Å². The number of hydrogen-bond acceptors (Lipinski definition) is 6. The Morgan fingerprint density at radius 2 is 1.69 bits per heavy atom. The van der Waals surface area contributed by atoms with Crippen LogP contribution in [-0.2, 0) is 17.6 Å². The van der Waals surface area contributed by atoms with E-state index in [1.165, 1.54) is 5.56 Å². The summed E-state index contributed by atoms with van der Waals surface area (Å²) in [5.41, 5.74) is 2.64. The Morgan fingerprint density at radius 3 is 2.26 bits per heavy atom. The first-order chi connectivity index (χ1) is 16.4. The lowest BCUT2D eigenvalue weighted by molar-refractivity contribution is -0.127. The van der Waals surface area contributed by atoms with Crippen LogP contribution in [0.3, 0.4) is 0 Å². The normalized spacial score (nSPS) is 19.1. The minimum Gasteiger partial charge on any atom is -0.384 e. The first-order valence-corrected chi connectivity index (χ1v) is 12.4. The molecule has 0 saturated carbocycles. The van der Waals surface area contributed by atoms with Crippen LogP contribution in [0, 0.1) is 12.3 Å². The third kappa shape index (κ3) is 4.88. The van der Waals surface area contributed by atoms with Crippen LogP contribution >= 0.6 is 0 Å². The SMILES string of the molecule is Cc1cnc(C(C)(O)CCc2cncc([C@@](O)(c3ccc(C(C)C)cc3)C3(C)CN(C)C3)c2)cn1. The highest BCUT2D eigenvalue weighted by Gasteiger charge is 2.55. The van der Waals surface area contributed by atoms with Crippen molar-refractivity contribution in [2.45, 2.75) is 64.6 Å². The van der Waals surface area contributed by atoms with Crippen molar-refractivity contribution in [1.29, 1.82) is 0 Å². The van der Waals surface area contributed by atoms with E-state index in [0.717, 1.165) is 35.5 Å². The molecule has 1 aromatic carbocycles. The third-order valence-electron chi connectivity index (χ3n) is 7.55. The van der Waals surface area contributed by atoms with E-state index in [1.807, 2.05) is 19.2 Å². The zero-order valence-electron chi connectivity index (χ0n) is 21.8. The van der Waals surface area contributed by atoms with E-state index in [0.29, 0.717) is 24.5 Å². The predicted octanol–water partition coefficient (Wildman–Crippen LogP) is 4.33. The second-order valence-electron chi connectivity index (χ2n) is 11.1. The summed E-state index contributed by atoms with van der Waals surface area (Å²) in [5, 5.41) is 23.4. The summed E-state index contributed by atoms with van der Waals surface area (Å²) in [7, 11) is 2.08. The molecular weight excluding hydrogens is 436 g/mol. The zero-order chi connectivity index (χ0) is 25.4. The molecule has 0 aliphatic carbocycles. The van der Waals surface area contributed by atoms with Crippen LogP contribution in [0.2, 0.25) is 0 Å². The first-order valence-electron chi connectivity index (χ1n) is 12.4. The second-order valence-corrected chi connectivity index (χ2v) is 11.1. The molecule has 0 spiro atoms. The molecule has 1 unspecified atom stereocenters. The van der Waals surface area contributed by atoms with E-state index in [1.54, 1.807) is 25.5 Å². The number of nitrogens with zero attached hydrogens (tertiary/aromatic N) is 4. The fourth-order valence-corrected chi connectivity index (χ4v) is 5.36. The molecule has 6 nitrogen and oxygen atoms in total. The maximum absolute atomic E-state index is 12.4. The monoisotopic (exact) mass is 474 g/mol. The molecule has 4 rings (SSSR count). The van der Waals surface area contributed by atoms with Gasteiger partial charge in [-0.2, -0.15) is 0 Å². The maximum atomic E-state index is 12.4. The number of hydrogen-bond donors (Lipinski definition) is 2. The van der Waals surface area contributed by atoms with Crippen LogP contribution in [-0.4, -0.2) is 50.2 Å². The van der Waals surface area contributed by atoms with E-state index < -0.39 is 11.2 Å². The van der Waals surface area contributed by atoms with Crippen LogP contribution in [0.1, 0.15) is 73.7 Å². The van der Waals surface area contributed by atoms with Gasteiger partial charge in [0, 0.05) is 42.7 Å². The molecule has 2 N–H and O–H groups in total. The number of likely N-dealkylation sites (tertiary alicyclic amines) is 1. The highest BCUT2D eigenvalue weighted by molar-refractivity contribution is 5.42. The van der Waals surface area contributed by atoms with Gasteiger partial charge in [-0.05, 0) is 62.4 Å². The maximum Gasteiger partial charge on any atom is 0.124 e. The molecule has 3 heterocycles. The summed E-state index contributed by atoms with van der Waals surface area (Å²) < 4.78 is 0. The van der Waals surface area contributed by atoms with Crippen molar-refractivity contribution in [2.75, 3.05) is 20.1 Å². The molecule has 2 aromatic heterocycles. The van der Waals surface area contributed by atoms with Gasteiger partial charge in [-0.25, -0.2) is 0 Å². The van der Waals surface area contributed by atoms with Gasteiger partial charge in [-0.15, -0.1) is 0 Å². The summed E-state index contributed by atoms with van der Waals surface area (Å²) in [5.74, 6) is 0.429. The average Bonchev–Trinajstić information content (AvgIpc) is 2.82. The fourth-order valence-electron chi connectivity index (χ4n) is 5.36. The fraction of sp³-hybridized carbons (Fsp3) is 0.483. The smallest absolute Gasteiger partial charge is 0.124 e. The number of benzene rings is 1. The van der Waals surface area contributed by atoms with Crippen molar-refractivity contribution in [3.05, 3.63) is 88.8 Å². The molecule has 2 atom stereocenters. The minimum absolute atomic E-state index is 0.343. The summed E-state index contributed by atoms with van der Waals surface area (Å²) in [6.45, 7) is 11.7. The van der Waals surface area contributed by atoms with E-state index in [9.17, 15) is 10.2 Å². The Balaban J connectivity index is 1.64. The van der Waals surface area contributed by atoms with Gasteiger partial charge in [0.2, 0.25) is 0 Å². The van der Waals surface area contributed by atoms with Gasteiger partial charge in [0.05, 0.1) is 17.6 Å². The number of aliphatic hydroxyl groups is 2. The molecule has 1 aliphatic rings. The van der Waals surface area contributed by atoms with Crippen LogP contribution in [0.5, 0.6) is 0 Å². The van der Waals surface area contributed by atoms with Crippen molar-refractivity contribution in [1.82, 2.24) is 19.9 Å². The van der Waals surface area contributed by atoms with Gasteiger partial charge in [0.1, 0.15) is 11.2 Å². The molecule has 6 heteroatoms. The summed E-state index contributed by atoms with van der Waals surface area (Å²) in [4.78, 5) is 15.4. The Kier molecular flexibility index (Phi) is 6.84. The summed E-state index contributed by atoms with van der Waals surface area (Å²) >= 11 is 0. The molecule has 1 fully saturated rings. The van der Waals surface area contributed by atoms with Crippen molar-refractivity contribution in [2.24, 2.45) is 5.41 Å². The van der Waals surface area contributed by atoms with Gasteiger partial charge in [-0.3, -0.25) is 15.0 Å². The largest absolute Gasteiger partial charge is 0.384 e. The average molecular weight is 475 g/mol. The molecule has 1 saturated heterocycles. The molecule has 0 radical (unpaired) electrons. The van der Waals surface area contributed by atoms with Crippen LogP contribution < -0.4 is 0 Å². The summed E-state index contributed by atoms with van der Waals surface area (Å²) in [6, 6.07) is 10.4. The van der Waals surface area contributed by atoms with Crippen LogP contribution in [0.25, 0.3) is 0 Å². The Bertz CT molecular complexity index is 1150. The molecule has 0 bridgehead atoms. The third-order valence-corrected chi connectivity index (χ3v) is 7.55. The van der Waals surface area contributed by atoms with Crippen LogP contribution in [0.15, 0.2) is 55.1 Å². The van der Waals surface area contributed by atoms with E-state index in [-0.39, 0.29) is 5.41 Å². The lowest BCUT2D eigenvalue weighted by Crippen LogP contribution is -2.63. The van der Waals surface area contributed by atoms with Gasteiger partial charge < -0.3 is 15.1 Å². The molecule has 3 aromatic rings.